The molecule has 0 saturated carbocycles. The number of carbonyl (C=O) groups excluding carboxylic acids is 1. The van der Waals surface area contributed by atoms with Gasteiger partial charge in [0.2, 0.25) is 0 Å². The van der Waals surface area contributed by atoms with E-state index < -0.39 is 11.9 Å². The Hall–Kier alpha value is -1.95. The summed E-state index contributed by atoms with van der Waals surface area (Å²) < 4.78 is 0. The quantitative estimate of drug-likeness (QED) is 0.668. The molecule has 17 heavy (non-hydrogen) atoms. The smallest absolute Gasteiger partial charge is 0.308 e. The highest BCUT2D eigenvalue weighted by Gasteiger charge is 2.13. The first-order valence-electron chi connectivity index (χ1n) is 5.20. The number of rotatable bonds is 5. The molecule has 1 aromatic rings. The van der Waals surface area contributed by atoms with E-state index in [1.807, 2.05) is 0 Å². The van der Waals surface area contributed by atoms with Crippen molar-refractivity contribution in [1.29, 1.82) is 0 Å². The Morgan fingerprint density at radius 1 is 1.59 bits per heavy atom. The van der Waals surface area contributed by atoms with E-state index >= 15 is 0 Å². The molecule has 0 aliphatic heterocycles. The summed E-state index contributed by atoms with van der Waals surface area (Å²) in [5.41, 5.74) is 6.45. The maximum atomic E-state index is 11.7. The highest BCUT2D eigenvalue weighted by Crippen LogP contribution is 2.02. The summed E-state index contributed by atoms with van der Waals surface area (Å²) in [6.45, 7) is 1.88. The van der Waals surface area contributed by atoms with Gasteiger partial charge in [-0.1, -0.05) is 6.92 Å². The van der Waals surface area contributed by atoms with Crippen molar-refractivity contribution in [3.8, 4) is 0 Å². The van der Waals surface area contributed by atoms with E-state index in [4.69, 9.17) is 10.8 Å². The Labute approximate surface area is 98.8 Å². The van der Waals surface area contributed by atoms with E-state index in [-0.39, 0.29) is 19.0 Å². The third kappa shape index (κ3) is 3.84. The van der Waals surface area contributed by atoms with E-state index in [1.165, 1.54) is 13.1 Å². The average molecular weight is 237 g/mol. The summed E-state index contributed by atoms with van der Waals surface area (Å²) >= 11 is 0. The van der Waals surface area contributed by atoms with Gasteiger partial charge in [-0.15, -0.1) is 0 Å². The Kier molecular flexibility index (Phi) is 4.59. The van der Waals surface area contributed by atoms with Gasteiger partial charge in [-0.25, -0.2) is 0 Å². The van der Waals surface area contributed by atoms with Gasteiger partial charge in [0, 0.05) is 24.8 Å². The zero-order valence-electron chi connectivity index (χ0n) is 9.51. The van der Waals surface area contributed by atoms with Gasteiger partial charge in [0.05, 0.1) is 11.6 Å². The number of hydrogen-bond donors (Lipinski definition) is 3. The van der Waals surface area contributed by atoms with Gasteiger partial charge in [-0.2, -0.15) is 0 Å². The van der Waals surface area contributed by atoms with Crippen molar-refractivity contribution in [2.45, 2.75) is 13.5 Å². The largest absolute Gasteiger partial charge is 0.481 e. The van der Waals surface area contributed by atoms with Gasteiger partial charge in [-0.05, 0) is 12.1 Å². The van der Waals surface area contributed by atoms with Crippen molar-refractivity contribution < 1.29 is 14.7 Å². The fraction of sp³-hybridized carbons (Fsp3) is 0.364. The molecule has 6 nitrogen and oxygen atoms in total. The van der Waals surface area contributed by atoms with Crippen molar-refractivity contribution in [2.24, 2.45) is 11.7 Å². The van der Waals surface area contributed by atoms with Gasteiger partial charge in [0.15, 0.2) is 0 Å². The van der Waals surface area contributed by atoms with Crippen LogP contribution in [0.15, 0.2) is 18.3 Å². The molecule has 1 aromatic heterocycles. The minimum Gasteiger partial charge on any atom is -0.481 e. The van der Waals surface area contributed by atoms with Crippen LogP contribution in [0.25, 0.3) is 0 Å². The maximum absolute atomic E-state index is 11.7. The van der Waals surface area contributed by atoms with Crippen LogP contribution >= 0.6 is 0 Å². The zero-order valence-corrected chi connectivity index (χ0v) is 9.51. The molecule has 6 heteroatoms. The topological polar surface area (TPSA) is 105 Å². The molecule has 0 aliphatic carbocycles. The van der Waals surface area contributed by atoms with E-state index in [0.717, 1.165) is 0 Å². The molecule has 92 valence electrons. The minimum atomic E-state index is -0.942. The molecule has 0 aliphatic rings. The first-order chi connectivity index (χ1) is 8.04. The van der Waals surface area contributed by atoms with Gasteiger partial charge in [0.1, 0.15) is 0 Å². The molecule has 0 aromatic carbocycles. The second-order valence-corrected chi connectivity index (χ2v) is 3.69. The van der Waals surface area contributed by atoms with E-state index in [1.54, 1.807) is 12.1 Å². The van der Waals surface area contributed by atoms with Crippen LogP contribution in [0, 0.1) is 5.92 Å². The molecule has 1 rings (SSSR count). The first kappa shape index (κ1) is 13.1. The molecule has 4 N–H and O–H groups in total. The van der Waals surface area contributed by atoms with Gasteiger partial charge in [-0.3, -0.25) is 14.6 Å². The Balaban J connectivity index is 2.60. The summed E-state index contributed by atoms with van der Waals surface area (Å²) in [5.74, 6) is -1.88. The van der Waals surface area contributed by atoms with E-state index in [9.17, 15) is 9.59 Å². The van der Waals surface area contributed by atoms with Crippen LogP contribution in [0.2, 0.25) is 0 Å². The molecule has 1 atom stereocenters. The maximum Gasteiger partial charge on any atom is 0.308 e. The zero-order chi connectivity index (χ0) is 12.8. The monoisotopic (exact) mass is 237 g/mol. The van der Waals surface area contributed by atoms with Crippen molar-refractivity contribution in [3.05, 3.63) is 29.6 Å². The SMILES string of the molecule is CC(CNC(=O)c1ccnc(CN)c1)C(=O)O. The van der Waals surface area contributed by atoms with Crippen LogP contribution in [-0.4, -0.2) is 28.5 Å². The fourth-order valence-electron chi connectivity index (χ4n) is 1.17. The number of nitrogens with two attached hydrogens (primary N) is 1. The highest BCUT2D eigenvalue weighted by molar-refractivity contribution is 5.94. The van der Waals surface area contributed by atoms with Crippen molar-refractivity contribution in [2.75, 3.05) is 6.54 Å². The summed E-state index contributed by atoms with van der Waals surface area (Å²) in [4.78, 5) is 26.2. The molecular formula is C11H15N3O3. The number of hydrogen-bond acceptors (Lipinski definition) is 4. The van der Waals surface area contributed by atoms with Gasteiger partial charge >= 0.3 is 5.97 Å². The van der Waals surface area contributed by atoms with Crippen LogP contribution in [0.1, 0.15) is 23.0 Å². The molecule has 0 saturated heterocycles. The van der Waals surface area contributed by atoms with Crippen LogP contribution in [0.4, 0.5) is 0 Å². The molecule has 1 unspecified atom stereocenters. The van der Waals surface area contributed by atoms with Crippen LogP contribution in [0.3, 0.4) is 0 Å². The summed E-state index contributed by atoms with van der Waals surface area (Å²) in [6.07, 6.45) is 1.50. The van der Waals surface area contributed by atoms with Gasteiger partial charge in [0.25, 0.3) is 5.91 Å². The number of amides is 1. The van der Waals surface area contributed by atoms with Gasteiger partial charge < -0.3 is 16.2 Å². The average Bonchev–Trinajstić information content (AvgIpc) is 2.35. The molecule has 1 heterocycles. The number of nitrogens with zero attached hydrogens (tertiary/aromatic N) is 1. The first-order valence-corrected chi connectivity index (χ1v) is 5.20. The lowest BCUT2D eigenvalue weighted by Crippen LogP contribution is -2.31. The highest BCUT2D eigenvalue weighted by atomic mass is 16.4. The Bertz CT molecular complexity index is 420. The van der Waals surface area contributed by atoms with Crippen molar-refractivity contribution >= 4 is 11.9 Å². The molecule has 0 spiro atoms. The number of pyridine rings is 1. The second-order valence-electron chi connectivity index (χ2n) is 3.69. The Morgan fingerprint density at radius 3 is 2.88 bits per heavy atom. The molecular weight excluding hydrogens is 222 g/mol. The fourth-order valence-corrected chi connectivity index (χ4v) is 1.17. The number of aliphatic carboxylic acids is 1. The number of aromatic nitrogens is 1. The number of nitrogens with one attached hydrogen (secondary N) is 1. The summed E-state index contributed by atoms with van der Waals surface area (Å²) in [6, 6.07) is 3.14. The lowest BCUT2D eigenvalue weighted by atomic mass is 10.1. The Morgan fingerprint density at radius 2 is 2.29 bits per heavy atom. The van der Waals surface area contributed by atoms with Crippen LogP contribution in [-0.2, 0) is 11.3 Å². The predicted octanol–water partition coefficient (Wildman–Crippen LogP) is -0.00920. The van der Waals surface area contributed by atoms with Crippen LogP contribution < -0.4 is 11.1 Å². The molecule has 0 bridgehead atoms. The van der Waals surface area contributed by atoms with Crippen molar-refractivity contribution in [1.82, 2.24) is 10.3 Å². The van der Waals surface area contributed by atoms with E-state index in [0.29, 0.717) is 11.3 Å². The predicted molar refractivity (Wildman–Crippen MR) is 61.3 cm³/mol. The number of carboxylic acids is 1. The molecule has 0 fully saturated rings. The summed E-state index contributed by atoms with van der Waals surface area (Å²) in [7, 11) is 0. The normalized spacial score (nSPS) is 11.9. The molecule has 1 amide bonds. The van der Waals surface area contributed by atoms with Crippen molar-refractivity contribution in [3.63, 3.8) is 0 Å². The minimum absolute atomic E-state index is 0.0917. The second kappa shape index (κ2) is 5.95. The third-order valence-electron chi connectivity index (χ3n) is 2.28. The number of carboxylic acid groups (broad SMARTS) is 1. The lowest BCUT2D eigenvalue weighted by molar-refractivity contribution is -0.140. The standard InChI is InChI=1S/C11H15N3O3/c1-7(11(16)17)6-14-10(15)8-2-3-13-9(4-8)5-12/h2-4,7H,5-6,12H2,1H3,(H,14,15)(H,16,17). The number of carbonyl (C=O) groups is 2. The lowest BCUT2D eigenvalue weighted by Gasteiger charge is -2.08. The van der Waals surface area contributed by atoms with E-state index in [2.05, 4.69) is 10.3 Å². The third-order valence-corrected chi connectivity index (χ3v) is 2.28. The summed E-state index contributed by atoms with van der Waals surface area (Å²) in [5, 5.41) is 11.2. The van der Waals surface area contributed by atoms with Crippen LogP contribution in [0.5, 0.6) is 0 Å². The molecule has 0 radical (unpaired) electrons.